The molecule has 15 heavy (non-hydrogen) atoms. The summed E-state index contributed by atoms with van der Waals surface area (Å²) in [6.45, 7) is 8.14. The molecule has 0 aromatic heterocycles. The number of carbonyl (C=O) groups is 1. The average Bonchev–Trinajstić information content (AvgIpc) is 2.18. The van der Waals surface area contributed by atoms with Gasteiger partial charge in [-0.15, -0.1) is 0 Å². The Morgan fingerprint density at radius 1 is 1.33 bits per heavy atom. The molecule has 1 N–H and O–H groups in total. The molecular formula is C13H23NO. The summed E-state index contributed by atoms with van der Waals surface area (Å²) in [7, 11) is 0. The molecule has 1 saturated heterocycles. The Labute approximate surface area is 93.1 Å². The lowest BCUT2D eigenvalue weighted by Crippen LogP contribution is -2.41. The lowest BCUT2D eigenvalue weighted by molar-refractivity contribution is -0.125. The number of allylic oxidation sites excluding steroid dienone is 2. The molecule has 86 valence electrons. The molecule has 0 unspecified atom stereocenters. The summed E-state index contributed by atoms with van der Waals surface area (Å²) in [6, 6.07) is 0. The molecule has 1 fully saturated rings. The molecule has 0 bridgehead atoms. The largest absolute Gasteiger partial charge is 0.317 e. The number of ketones is 1. The minimum absolute atomic E-state index is 0.0583. The maximum Gasteiger partial charge on any atom is 0.161 e. The van der Waals surface area contributed by atoms with Crippen molar-refractivity contribution < 1.29 is 4.79 Å². The highest BCUT2D eigenvalue weighted by atomic mass is 16.1. The second-order valence-corrected chi connectivity index (χ2v) is 4.87. The van der Waals surface area contributed by atoms with Gasteiger partial charge in [0.2, 0.25) is 0 Å². The van der Waals surface area contributed by atoms with Crippen molar-refractivity contribution in [3.63, 3.8) is 0 Å². The molecular weight excluding hydrogens is 186 g/mol. The predicted molar refractivity (Wildman–Crippen MR) is 63.9 cm³/mol. The van der Waals surface area contributed by atoms with Gasteiger partial charge in [-0.2, -0.15) is 0 Å². The quantitative estimate of drug-likeness (QED) is 0.721. The molecule has 0 amide bonds. The van der Waals surface area contributed by atoms with Crippen molar-refractivity contribution in [3.05, 3.63) is 11.6 Å². The van der Waals surface area contributed by atoms with Crippen LogP contribution in [0.15, 0.2) is 11.6 Å². The highest BCUT2D eigenvalue weighted by Crippen LogP contribution is 2.35. The van der Waals surface area contributed by atoms with Crippen LogP contribution in [0.25, 0.3) is 0 Å². The molecule has 2 heteroatoms. The van der Waals surface area contributed by atoms with Crippen LogP contribution < -0.4 is 5.32 Å². The zero-order chi connectivity index (χ0) is 11.3. The Morgan fingerprint density at radius 2 is 1.93 bits per heavy atom. The average molecular weight is 209 g/mol. The molecule has 1 aliphatic heterocycles. The number of hydrogen-bond donors (Lipinski definition) is 1. The Balaban J connectivity index is 2.79. The summed E-state index contributed by atoms with van der Waals surface area (Å²) in [5, 5.41) is 3.33. The summed E-state index contributed by atoms with van der Waals surface area (Å²) in [4.78, 5) is 12.2. The molecule has 0 aliphatic carbocycles. The Bertz CT molecular complexity index is 240. The number of rotatable bonds is 4. The van der Waals surface area contributed by atoms with Crippen molar-refractivity contribution in [2.24, 2.45) is 5.41 Å². The van der Waals surface area contributed by atoms with Gasteiger partial charge in [0.1, 0.15) is 0 Å². The monoisotopic (exact) mass is 209 g/mol. The summed E-state index contributed by atoms with van der Waals surface area (Å²) in [5.74, 6) is 0.353. The zero-order valence-electron chi connectivity index (χ0n) is 10.2. The van der Waals surface area contributed by atoms with Crippen LogP contribution in [0, 0.1) is 5.41 Å². The van der Waals surface area contributed by atoms with Crippen LogP contribution >= 0.6 is 0 Å². The SMILES string of the molecule is CCCC1(C(=O)C=C(C)C)CCNCC1. The second-order valence-electron chi connectivity index (χ2n) is 4.87. The summed E-state index contributed by atoms with van der Waals surface area (Å²) >= 11 is 0. The van der Waals surface area contributed by atoms with Gasteiger partial charge in [-0.1, -0.05) is 18.9 Å². The third-order valence-electron chi connectivity index (χ3n) is 3.23. The van der Waals surface area contributed by atoms with Crippen LogP contribution in [0.3, 0.4) is 0 Å². The van der Waals surface area contributed by atoms with E-state index >= 15 is 0 Å². The van der Waals surface area contributed by atoms with Crippen LogP contribution in [-0.4, -0.2) is 18.9 Å². The molecule has 0 saturated carbocycles. The topological polar surface area (TPSA) is 29.1 Å². The van der Waals surface area contributed by atoms with E-state index in [1.165, 1.54) is 0 Å². The molecule has 0 radical (unpaired) electrons. The number of piperidine rings is 1. The highest BCUT2D eigenvalue weighted by Gasteiger charge is 2.36. The minimum Gasteiger partial charge on any atom is -0.317 e. The Kier molecular flexibility index (Phi) is 4.52. The van der Waals surface area contributed by atoms with Crippen molar-refractivity contribution in [2.75, 3.05) is 13.1 Å². The van der Waals surface area contributed by atoms with Crippen LogP contribution in [0.2, 0.25) is 0 Å². The predicted octanol–water partition coefficient (Wildman–Crippen LogP) is 2.69. The fourth-order valence-electron chi connectivity index (χ4n) is 2.42. The van der Waals surface area contributed by atoms with Gasteiger partial charge in [-0.3, -0.25) is 4.79 Å². The van der Waals surface area contributed by atoms with Gasteiger partial charge < -0.3 is 5.32 Å². The number of carbonyl (C=O) groups excluding carboxylic acids is 1. The van der Waals surface area contributed by atoms with Crippen molar-refractivity contribution in [3.8, 4) is 0 Å². The van der Waals surface area contributed by atoms with Gasteiger partial charge in [0.15, 0.2) is 5.78 Å². The fraction of sp³-hybridized carbons (Fsp3) is 0.769. The summed E-state index contributed by atoms with van der Waals surface area (Å²) in [5.41, 5.74) is 1.06. The van der Waals surface area contributed by atoms with Crippen LogP contribution in [0.5, 0.6) is 0 Å². The van der Waals surface area contributed by atoms with Gasteiger partial charge in [0, 0.05) is 5.41 Å². The molecule has 1 aliphatic rings. The molecule has 0 atom stereocenters. The number of nitrogens with one attached hydrogen (secondary N) is 1. The zero-order valence-corrected chi connectivity index (χ0v) is 10.2. The van der Waals surface area contributed by atoms with E-state index in [0.29, 0.717) is 5.78 Å². The van der Waals surface area contributed by atoms with Gasteiger partial charge in [-0.25, -0.2) is 0 Å². The van der Waals surface area contributed by atoms with E-state index < -0.39 is 0 Å². The fourth-order valence-corrected chi connectivity index (χ4v) is 2.42. The summed E-state index contributed by atoms with van der Waals surface area (Å²) < 4.78 is 0. The second kappa shape index (κ2) is 5.45. The van der Waals surface area contributed by atoms with Crippen LogP contribution in [0.4, 0.5) is 0 Å². The van der Waals surface area contributed by atoms with Gasteiger partial charge in [-0.05, 0) is 52.3 Å². The van der Waals surface area contributed by atoms with E-state index in [1.807, 2.05) is 19.9 Å². The molecule has 0 spiro atoms. The first-order valence-corrected chi connectivity index (χ1v) is 6.01. The van der Waals surface area contributed by atoms with Gasteiger partial charge >= 0.3 is 0 Å². The van der Waals surface area contributed by atoms with Crippen molar-refractivity contribution in [1.82, 2.24) is 5.32 Å². The Morgan fingerprint density at radius 3 is 2.40 bits per heavy atom. The van der Waals surface area contributed by atoms with E-state index in [0.717, 1.165) is 44.3 Å². The highest BCUT2D eigenvalue weighted by molar-refractivity contribution is 5.95. The van der Waals surface area contributed by atoms with E-state index in [4.69, 9.17) is 0 Å². The molecule has 1 rings (SSSR count). The summed E-state index contributed by atoms with van der Waals surface area (Å²) in [6.07, 6.45) is 5.98. The first-order valence-electron chi connectivity index (χ1n) is 6.01. The van der Waals surface area contributed by atoms with E-state index in [2.05, 4.69) is 12.2 Å². The first-order chi connectivity index (χ1) is 7.10. The lowest BCUT2D eigenvalue weighted by Gasteiger charge is -2.35. The molecule has 1 heterocycles. The first kappa shape index (κ1) is 12.4. The van der Waals surface area contributed by atoms with Crippen molar-refractivity contribution in [1.29, 1.82) is 0 Å². The van der Waals surface area contributed by atoms with Crippen molar-refractivity contribution in [2.45, 2.75) is 46.5 Å². The standard InChI is InChI=1S/C13H23NO/c1-4-5-13(6-8-14-9-7-13)12(15)10-11(2)3/h10,14H,4-9H2,1-3H3. The van der Waals surface area contributed by atoms with E-state index in [1.54, 1.807) is 0 Å². The Hall–Kier alpha value is -0.630. The lowest BCUT2D eigenvalue weighted by atomic mass is 9.72. The van der Waals surface area contributed by atoms with Crippen LogP contribution in [-0.2, 0) is 4.79 Å². The maximum atomic E-state index is 12.2. The molecule has 2 nitrogen and oxygen atoms in total. The van der Waals surface area contributed by atoms with E-state index in [9.17, 15) is 4.79 Å². The molecule has 0 aromatic rings. The minimum atomic E-state index is -0.0583. The number of hydrogen-bond acceptors (Lipinski definition) is 2. The van der Waals surface area contributed by atoms with Crippen molar-refractivity contribution >= 4 is 5.78 Å². The normalized spacial score (nSPS) is 19.7. The van der Waals surface area contributed by atoms with E-state index in [-0.39, 0.29) is 5.41 Å². The third kappa shape index (κ3) is 3.16. The maximum absolute atomic E-state index is 12.2. The smallest absolute Gasteiger partial charge is 0.161 e. The van der Waals surface area contributed by atoms with Gasteiger partial charge in [0.25, 0.3) is 0 Å². The molecule has 0 aromatic carbocycles. The third-order valence-corrected chi connectivity index (χ3v) is 3.23. The van der Waals surface area contributed by atoms with Crippen LogP contribution in [0.1, 0.15) is 46.5 Å². The van der Waals surface area contributed by atoms with Gasteiger partial charge in [0.05, 0.1) is 0 Å².